The first-order chi connectivity index (χ1) is 7.13. The van der Waals surface area contributed by atoms with Crippen LogP contribution in [0, 0.1) is 0 Å². The van der Waals surface area contributed by atoms with E-state index in [2.05, 4.69) is 10.4 Å². The van der Waals surface area contributed by atoms with E-state index in [-0.39, 0.29) is 11.9 Å². The third kappa shape index (κ3) is 3.71. The maximum atomic E-state index is 11.3. The number of hydrogen-bond acceptors (Lipinski definition) is 3. The molecule has 0 aliphatic carbocycles. The fourth-order valence-electron chi connectivity index (χ4n) is 1.25. The van der Waals surface area contributed by atoms with E-state index in [1.165, 1.54) is 0 Å². The summed E-state index contributed by atoms with van der Waals surface area (Å²) in [5.41, 5.74) is 6.69. The number of rotatable bonds is 5. The molecular weight excluding hydrogens is 192 g/mol. The molecule has 1 rings (SSSR count). The molecule has 5 nitrogen and oxygen atoms in total. The number of nitrogens with zero attached hydrogens (tertiary/aromatic N) is 2. The molecule has 3 N–H and O–H groups in total. The Morgan fingerprint density at radius 1 is 1.73 bits per heavy atom. The van der Waals surface area contributed by atoms with Gasteiger partial charge in [-0.3, -0.25) is 9.48 Å². The third-order valence-electron chi connectivity index (χ3n) is 2.25. The van der Waals surface area contributed by atoms with Crippen molar-refractivity contribution in [2.75, 3.05) is 6.54 Å². The molecule has 0 aliphatic rings. The van der Waals surface area contributed by atoms with Crippen LogP contribution < -0.4 is 11.1 Å². The molecule has 0 saturated heterocycles. The van der Waals surface area contributed by atoms with Gasteiger partial charge in [-0.1, -0.05) is 6.92 Å². The number of amides is 1. The van der Waals surface area contributed by atoms with Crippen LogP contribution in [-0.4, -0.2) is 28.3 Å². The van der Waals surface area contributed by atoms with E-state index in [0.717, 1.165) is 12.0 Å². The van der Waals surface area contributed by atoms with Crippen LogP contribution in [0.5, 0.6) is 0 Å². The van der Waals surface area contributed by atoms with Crippen LogP contribution in [0.15, 0.2) is 12.4 Å². The average Bonchev–Trinajstić information content (AvgIpc) is 2.63. The van der Waals surface area contributed by atoms with Crippen molar-refractivity contribution < 1.29 is 4.79 Å². The van der Waals surface area contributed by atoms with Gasteiger partial charge in [0.2, 0.25) is 5.91 Å². The molecule has 1 heterocycles. The first-order valence-corrected chi connectivity index (χ1v) is 5.14. The molecule has 0 aromatic carbocycles. The SMILES string of the molecule is CC[C@@H](N)C(=O)NCCc1cnn(C)c1. The van der Waals surface area contributed by atoms with Crippen molar-refractivity contribution in [3.8, 4) is 0 Å². The standard InChI is InChI=1S/C10H18N4O/c1-3-9(11)10(15)12-5-4-8-6-13-14(2)7-8/h6-7,9H,3-5,11H2,1-2H3,(H,12,15)/t9-/m1/s1. The van der Waals surface area contributed by atoms with E-state index < -0.39 is 0 Å². The fraction of sp³-hybridized carbons (Fsp3) is 0.600. The first kappa shape index (κ1) is 11.7. The summed E-state index contributed by atoms with van der Waals surface area (Å²) in [7, 11) is 1.87. The van der Waals surface area contributed by atoms with E-state index in [4.69, 9.17) is 5.73 Å². The molecule has 5 heteroatoms. The Kier molecular flexibility index (Phi) is 4.30. The first-order valence-electron chi connectivity index (χ1n) is 5.14. The van der Waals surface area contributed by atoms with Crippen LogP contribution in [0.3, 0.4) is 0 Å². The minimum Gasteiger partial charge on any atom is -0.354 e. The zero-order valence-corrected chi connectivity index (χ0v) is 9.23. The highest BCUT2D eigenvalue weighted by atomic mass is 16.2. The Morgan fingerprint density at radius 2 is 2.47 bits per heavy atom. The number of carbonyl (C=O) groups excluding carboxylic acids is 1. The number of aryl methyl sites for hydroxylation is 1. The van der Waals surface area contributed by atoms with Crippen molar-refractivity contribution in [1.29, 1.82) is 0 Å². The molecule has 15 heavy (non-hydrogen) atoms. The molecule has 1 aromatic heterocycles. The molecule has 0 bridgehead atoms. The maximum absolute atomic E-state index is 11.3. The van der Waals surface area contributed by atoms with E-state index in [1.54, 1.807) is 10.9 Å². The van der Waals surface area contributed by atoms with E-state index in [1.807, 2.05) is 20.2 Å². The van der Waals surface area contributed by atoms with Gasteiger partial charge in [-0.05, 0) is 18.4 Å². The van der Waals surface area contributed by atoms with E-state index in [9.17, 15) is 4.79 Å². The summed E-state index contributed by atoms with van der Waals surface area (Å²) in [4.78, 5) is 11.3. The van der Waals surface area contributed by atoms with Gasteiger partial charge in [0.15, 0.2) is 0 Å². The highest BCUT2D eigenvalue weighted by molar-refractivity contribution is 5.81. The van der Waals surface area contributed by atoms with Gasteiger partial charge < -0.3 is 11.1 Å². The van der Waals surface area contributed by atoms with Crippen LogP contribution >= 0.6 is 0 Å². The number of hydrogen-bond donors (Lipinski definition) is 2. The number of nitrogens with one attached hydrogen (secondary N) is 1. The lowest BCUT2D eigenvalue weighted by Gasteiger charge is -2.08. The van der Waals surface area contributed by atoms with Crippen LogP contribution in [0.25, 0.3) is 0 Å². The molecule has 0 aliphatic heterocycles. The maximum Gasteiger partial charge on any atom is 0.236 e. The van der Waals surface area contributed by atoms with Crippen molar-refractivity contribution in [3.05, 3.63) is 18.0 Å². The second-order valence-electron chi connectivity index (χ2n) is 3.58. The molecule has 1 amide bonds. The highest BCUT2D eigenvalue weighted by Crippen LogP contribution is 1.96. The molecule has 1 atom stereocenters. The molecule has 1 aromatic rings. The van der Waals surface area contributed by atoms with Crippen LogP contribution in [0.1, 0.15) is 18.9 Å². The molecule has 0 radical (unpaired) electrons. The summed E-state index contributed by atoms with van der Waals surface area (Å²) >= 11 is 0. The Balaban J connectivity index is 2.24. The second kappa shape index (κ2) is 5.50. The van der Waals surface area contributed by atoms with Crippen molar-refractivity contribution in [1.82, 2.24) is 15.1 Å². The summed E-state index contributed by atoms with van der Waals surface area (Å²) in [5, 5.41) is 6.84. The summed E-state index contributed by atoms with van der Waals surface area (Å²) in [6, 6.07) is -0.390. The Bertz CT molecular complexity index is 321. The summed E-state index contributed by atoms with van der Waals surface area (Å²) in [6.45, 7) is 2.50. The van der Waals surface area contributed by atoms with Gasteiger partial charge in [-0.25, -0.2) is 0 Å². The van der Waals surface area contributed by atoms with Crippen LogP contribution in [-0.2, 0) is 18.3 Å². The van der Waals surface area contributed by atoms with Gasteiger partial charge in [-0.2, -0.15) is 5.10 Å². The molecular formula is C10H18N4O. The molecule has 0 unspecified atom stereocenters. The normalized spacial score (nSPS) is 12.5. The van der Waals surface area contributed by atoms with Gasteiger partial charge in [0.25, 0.3) is 0 Å². The predicted molar refractivity (Wildman–Crippen MR) is 58.2 cm³/mol. The minimum absolute atomic E-state index is 0.0820. The lowest BCUT2D eigenvalue weighted by molar-refractivity contribution is -0.122. The van der Waals surface area contributed by atoms with Crippen molar-refractivity contribution in [2.45, 2.75) is 25.8 Å². The Morgan fingerprint density at radius 3 is 3.00 bits per heavy atom. The third-order valence-corrected chi connectivity index (χ3v) is 2.25. The van der Waals surface area contributed by atoms with E-state index >= 15 is 0 Å². The largest absolute Gasteiger partial charge is 0.354 e. The van der Waals surface area contributed by atoms with Gasteiger partial charge >= 0.3 is 0 Å². The molecule has 84 valence electrons. The lowest BCUT2D eigenvalue weighted by Crippen LogP contribution is -2.40. The highest BCUT2D eigenvalue weighted by Gasteiger charge is 2.09. The molecule has 0 fully saturated rings. The van der Waals surface area contributed by atoms with Crippen molar-refractivity contribution in [3.63, 3.8) is 0 Å². The van der Waals surface area contributed by atoms with Crippen LogP contribution in [0.2, 0.25) is 0 Å². The van der Waals surface area contributed by atoms with Gasteiger partial charge in [0.1, 0.15) is 0 Å². The summed E-state index contributed by atoms with van der Waals surface area (Å²) in [5.74, 6) is -0.0820. The van der Waals surface area contributed by atoms with Gasteiger partial charge in [-0.15, -0.1) is 0 Å². The number of carbonyl (C=O) groups is 1. The summed E-state index contributed by atoms with van der Waals surface area (Å²) < 4.78 is 1.74. The lowest BCUT2D eigenvalue weighted by atomic mass is 10.2. The monoisotopic (exact) mass is 210 g/mol. The Hall–Kier alpha value is -1.36. The number of nitrogens with two attached hydrogens (primary N) is 1. The van der Waals surface area contributed by atoms with E-state index in [0.29, 0.717) is 13.0 Å². The van der Waals surface area contributed by atoms with Gasteiger partial charge in [0, 0.05) is 19.8 Å². The zero-order chi connectivity index (χ0) is 11.3. The quantitative estimate of drug-likeness (QED) is 0.708. The average molecular weight is 210 g/mol. The minimum atomic E-state index is -0.390. The molecule has 0 spiro atoms. The van der Waals surface area contributed by atoms with Crippen LogP contribution in [0.4, 0.5) is 0 Å². The predicted octanol–water partition coefficient (Wildman–Crippen LogP) is -0.184. The number of aromatic nitrogens is 2. The second-order valence-corrected chi connectivity index (χ2v) is 3.58. The smallest absolute Gasteiger partial charge is 0.236 e. The fourth-order valence-corrected chi connectivity index (χ4v) is 1.25. The van der Waals surface area contributed by atoms with Crippen molar-refractivity contribution >= 4 is 5.91 Å². The zero-order valence-electron chi connectivity index (χ0n) is 9.23. The summed E-state index contributed by atoms with van der Waals surface area (Å²) in [6.07, 6.45) is 5.19. The Labute approximate surface area is 89.6 Å². The van der Waals surface area contributed by atoms with Gasteiger partial charge in [0.05, 0.1) is 12.2 Å². The molecule has 0 saturated carbocycles. The topological polar surface area (TPSA) is 72.9 Å². The van der Waals surface area contributed by atoms with Crippen molar-refractivity contribution in [2.24, 2.45) is 12.8 Å².